The first-order valence-corrected chi connectivity index (χ1v) is 7.28. The second-order valence-corrected chi connectivity index (χ2v) is 7.02. The zero-order valence-electron chi connectivity index (χ0n) is 9.20. The molecule has 1 aromatic rings. The summed E-state index contributed by atoms with van der Waals surface area (Å²) in [6, 6.07) is 2.91. The first-order valence-electron chi connectivity index (χ1n) is 5.08. The molecule has 1 N–H and O–H groups in total. The van der Waals surface area contributed by atoms with E-state index in [1.165, 1.54) is 12.1 Å². The van der Waals surface area contributed by atoms with Gasteiger partial charge in [0.05, 0.1) is 17.0 Å². The molecule has 1 aliphatic rings. The molecule has 0 bridgehead atoms. The topological polar surface area (TPSA) is 76.4 Å². The van der Waals surface area contributed by atoms with Crippen molar-refractivity contribution in [3.63, 3.8) is 0 Å². The van der Waals surface area contributed by atoms with Crippen molar-refractivity contribution in [2.24, 2.45) is 0 Å². The third-order valence-corrected chi connectivity index (χ3v) is 4.82. The van der Waals surface area contributed by atoms with E-state index in [1.807, 2.05) is 0 Å². The van der Waals surface area contributed by atoms with E-state index in [-0.39, 0.29) is 22.5 Å². The van der Waals surface area contributed by atoms with E-state index in [0.717, 1.165) is 0 Å². The van der Waals surface area contributed by atoms with Crippen LogP contribution in [0.25, 0.3) is 0 Å². The number of halogens is 1. The van der Waals surface area contributed by atoms with Crippen molar-refractivity contribution in [1.82, 2.24) is 5.32 Å². The van der Waals surface area contributed by atoms with Gasteiger partial charge in [-0.3, -0.25) is 4.79 Å². The van der Waals surface area contributed by atoms with Crippen molar-refractivity contribution >= 4 is 27.3 Å². The molecule has 0 aliphatic carbocycles. The predicted molar refractivity (Wildman–Crippen MR) is 62.9 cm³/mol. The fourth-order valence-electron chi connectivity index (χ4n) is 1.88. The van der Waals surface area contributed by atoms with Gasteiger partial charge >= 0.3 is 0 Å². The summed E-state index contributed by atoms with van der Waals surface area (Å²) in [5.41, 5.74) is -0.727. The van der Waals surface area contributed by atoms with E-state index in [1.54, 1.807) is 6.92 Å². The number of sulfone groups is 1. The number of rotatable bonds is 2. The van der Waals surface area contributed by atoms with Crippen LogP contribution in [0.5, 0.6) is 0 Å². The number of amides is 1. The molecule has 2 heterocycles. The molecule has 0 aromatic carbocycles. The molecule has 1 amide bonds. The van der Waals surface area contributed by atoms with Gasteiger partial charge in [0, 0.05) is 0 Å². The van der Waals surface area contributed by atoms with Gasteiger partial charge in [-0.1, -0.05) is 0 Å². The van der Waals surface area contributed by atoms with Gasteiger partial charge in [0.2, 0.25) is 0 Å². The van der Waals surface area contributed by atoms with Gasteiger partial charge < -0.3 is 9.73 Å². The fourth-order valence-corrected chi connectivity index (χ4v) is 4.12. The molecule has 1 aromatic heterocycles. The van der Waals surface area contributed by atoms with Gasteiger partial charge in [-0.15, -0.1) is 0 Å². The Morgan fingerprint density at radius 3 is 2.71 bits per heavy atom. The molecular weight excluding hydrogens is 266 g/mol. The molecule has 17 heavy (non-hydrogen) atoms. The van der Waals surface area contributed by atoms with E-state index in [9.17, 15) is 13.2 Å². The van der Waals surface area contributed by atoms with Crippen LogP contribution < -0.4 is 5.32 Å². The van der Waals surface area contributed by atoms with E-state index in [4.69, 9.17) is 16.0 Å². The number of nitrogens with one attached hydrogen (secondary N) is 1. The Bertz CT molecular complexity index is 550. The monoisotopic (exact) mass is 277 g/mol. The minimum absolute atomic E-state index is 0.0415. The van der Waals surface area contributed by atoms with E-state index in [0.29, 0.717) is 6.42 Å². The van der Waals surface area contributed by atoms with Crippen LogP contribution in [0.4, 0.5) is 0 Å². The Morgan fingerprint density at radius 2 is 2.24 bits per heavy atom. The normalized spacial score (nSPS) is 26.9. The van der Waals surface area contributed by atoms with Crippen molar-refractivity contribution in [2.45, 2.75) is 18.9 Å². The molecule has 7 heteroatoms. The first-order chi connectivity index (χ1) is 7.80. The van der Waals surface area contributed by atoms with Gasteiger partial charge in [0.15, 0.2) is 20.8 Å². The Hall–Kier alpha value is -1.01. The van der Waals surface area contributed by atoms with Gasteiger partial charge in [0.25, 0.3) is 5.91 Å². The number of carbonyl (C=O) groups excluding carboxylic acids is 1. The minimum atomic E-state index is -3.05. The molecule has 0 saturated carbocycles. The van der Waals surface area contributed by atoms with Crippen LogP contribution in [0.2, 0.25) is 5.22 Å². The van der Waals surface area contributed by atoms with Crippen LogP contribution in [-0.2, 0) is 9.84 Å². The van der Waals surface area contributed by atoms with Crippen LogP contribution in [-0.4, -0.2) is 31.4 Å². The summed E-state index contributed by atoms with van der Waals surface area (Å²) < 4.78 is 27.7. The Labute approximate surface area is 104 Å². The Balaban J connectivity index is 2.10. The summed E-state index contributed by atoms with van der Waals surface area (Å²) >= 11 is 5.56. The maximum Gasteiger partial charge on any atom is 0.287 e. The van der Waals surface area contributed by atoms with Crippen LogP contribution in [0.1, 0.15) is 23.9 Å². The third-order valence-electron chi connectivity index (χ3n) is 2.72. The SMILES string of the molecule is CC1(NC(=O)c2ccc(Cl)o2)CCS(=O)(=O)C1. The summed E-state index contributed by atoms with van der Waals surface area (Å²) in [7, 11) is -3.05. The second kappa shape index (κ2) is 4.03. The Kier molecular flexibility index (Phi) is 2.95. The summed E-state index contributed by atoms with van der Waals surface area (Å²) in [6.45, 7) is 1.71. The summed E-state index contributed by atoms with van der Waals surface area (Å²) in [4.78, 5) is 11.8. The molecule has 0 radical (unpaired) electrons. The minimum Gasteiger partial charge on any atom is -0.440 e. The molecule has 94 valence electrons. The third kappa shape index (κ3) is 2.81. The molecule has 2 rings (SSSR count). The average Bonchev–Trinajstić information content (AvgIpc) is 2.71. The molecule has 5 nitrogen and oxygen atoms in total. The van der Waals surface area contributed by atoms with E-state index < -0.39 is 21.3 Å². The zero-order chi connectivity index (χ0) is 12.7. The lowest BCUT2D eigenvalue weighted by Crippen LogP contribution is -2.46. The molecule has 1 saturated heterocycles. The van der Waals surface area contributed by atoms with Gasteiger partial charge in [-0.05, 0) is 37.1 Å². The maximum absolute atomic E-state index is 11.8. The number of carbonyl (C=O) groups is 1. The summed E-state index contributed by atoms with van der Waals surface area (Å²) in [6.07, 6.45) is 0.412. The van der Waals surface area contributed by atoms with Crippen molar-refractivity contribution in [3.05, 3.63) is 23.1 Å². The standard InChI is InChI=1S/C10H12ClNO4S/c1-10(4-5-17(14,15)6-10)12-9(13)7-2-3-8(11)16-7/h2-3H,4-6H2,1H3,(H,12,13). The highest BCUT2D eigenvalue weighted by Gasteiger charge is 2.39. The highest BCUT2D eigenvalue weighted by molar-refractivity contribution is 7.91. The summed E-state index contributed by atoms with van der Waals surface area (Å²) in [5, 5.41) is 2.79. The predicted octanol–water partition coefficient (Wildman–Crippen LogP) is 1.24. The lowest BCUT2D eigenvalue weighted by atomic mass is 10.0. The lowest BCUT2D eigenvalue weighted by Gasteiger charge is -2.22. The molecular formula is C10H12ClNO4S. The Morgan fingerprint density at radius 1 is 1.53 bits per heavy atom. The van der Waals surface area contributed by atoms with E-state index in [2.05, 4.69) is 5.32 Å². The molecule has 1 unspecified atom stereocenters. The van der Waals surface area contributed by atoms with Crippen molar-refractivity contribution in [1.29, 1.82) is 0 Å². The average molecular weight is 278 g/mol. The number of furan rings is 1. The fraction of sp³-hybridized carbons (Fsp3) is 0.500. The van der Waals surface area contributed by atoms with Crippen LogP contribution in [0, 0.1) is 0 Å². The number of hydrogen-bond donors (Lipinski definition) is 1. The quantitative estimate of drug-likeness (QED) is 0.882. The second-order valence-electron chi connectivity index (χ2n) is 4.46. The lowest BCUT2D eigenvalue weighted by molar-refractivity contribution is 0.0887. The van der Waals surface area contributed by atoms with Crippen molar-refractivity contribution < 1.29 is 17.6 Å². The van der Waals surface area contributed by atoms with Gasteiger partial charge in [0.1, 0.15) is 0 Å². The van der Waals surface area contributed by atoms with Crippen LogP contribution in [0.3, 0.4) is 0 Å². The van der Waals surface area contributed by atoms with Gasteiger partial charge in [-0.25, -0.2) is 8.42 Å². The molecule has 1 atom stereocenters. The van der Waals surface area contributed by atoms with Crippen molar-refractivity contribution in [2.75, 3.05) is 11.5 Å². The smallest absolute Gasteiger partial charge is 0.287 e. The number of hydrogen-bond acceptors (Lipinski definition) is 4. The zero-order valence-corrected chi connectivity index (χ0v) is 10.8. The highest BCUT2D eigenvalue weighted by atomic mass is 35.5. The molecule has 1 fully saturated rings. The largest absolute Gasteiger partial charge is 0.440 e. The molecule has 1 aliphatic heterocycles. The molecule has 0 spiro atoms. The maximum atomic E-state index is 11.8. The van der Waals surface area contributed by atoms with E-state index >= 15 is 0 Å². The van der Waals surface area contributed by atoms with Crippen molar-refractivity contribution in [3.8, 4) is 0 Å². The first kappa shape index (κ1) is 12.4. The highest BCUT2D eigenvalue weighted by Crippen LogP contribution is 2.23. The van der Waals surface area contributed by atoms with Crippen LogP contribution in [0.15, 0.2) is 16.5 Å². The van der Waals surface area contributed by atoms with Gasteiger partial charge in [-0.2, -0.15) is 0 Å². The summed E-state index contributed by atoms with van der Waals surface area (Å²) in [5.74, 6) is -0.305. The van der Waals surface area contributed by atoms with Crippen LogP contribution >= 0.6 is 11.6 Å².